The zero-order valence-electron chi connectivity index (χ0n) is 13.8. The average Bonchev–Trinajstić information content (AvgIpc) is 2.63. The van der Waals surface area contributed by atoms with Crippen molar-refractivity contribution in [2.45, 2.75) is 32.3 Å². The minimum Gasteiger partial charge on any atom is -0.460 e. The third-order valence-electron chi connectivity index (χ3n) is 4.85. The van der Waals surface area contributed by atoms with Crippen molar-refractivity contribution in [3.05, 3.63) is 71.8 Å². The van der Waals surface area contributed by atoms with Crippen LogP contribution < -0.4 is 0 Å². The highest BCUT2D eigenvalue weighted by Gasteiger charge is 2.31. The molecule has 2 nitrogen and oxygen atoms in total. The highest BCUT2D eigenvalue weighted by Crippen LogP contribution is 2.41. The first-order valence-corrected chi connectivity index (χ1v) is 8.56. The summed E-state index contributed by atoms with van der Waals surface area (Å²) in [4.78, 5) is 12.3. The van der Waals surface area contributed by atoms with Gasteiger partial charge < -0.3 is 4.74 Å². The van der Waals surface area contributed by atoms with Gasteiger partial charge in [-0.1, -0.05) is 67.9 Å². The number of fused-ring (bicyclic) bond motifs is 2. The number of rotatable bonds is 3. The van der Waals surface area contributed by atoms with Crippen molar-refractivity contribution in [2.75, 3.05) is 0 Å². The number of esters is 1. The molecule has 2 heteroatoms. The van der Waals surface area contributed by atoms with Crippen LogP contribution in [0.15, 0.2) is 60.7 Å². The fraction of sp³-hybridized carbons (Fsp3) is 0.227. The minimum absolute atomic E-state index is 0.0846. The van der Waals surface area contributed by atoms with E-state index >= 15 is 0 Å². The highest BCUT2D eigenvalue weighted by atomic mass is 16.5. The molecule has 0 saturated heterocycles. The average molecular weight is 316 g/mol. The summed E-state index contributed by atoms with van der Waals surface area (Å²) in [5.41, 5.74) is 4.69. The number of hydrogen-bond acceptors (Lipinski definition) is 2. The summed E-state index contributed by atoms with van der Waals surface area (Å²) in [6, 6.07) is 21.0. The van der Waals surface area contributed by atoms with Crippen LogP contribution in [0.5, 0.6) is 0 Å². The first-order valence-electron chi connectivity index (χ1n) is 8.56. The van der Waals surface area contributed by atoms with Crippen molar-refractivity contribution in [3.8, 4) is 11.1 Å². The molecule has 120 valence electrons. The standard InChI is InChI=1S/C22H20O2/c1-2-8-18-19-13-16-11-6-7-12-17(16)21(15-9-4-3-5-10-15)20(19)14-24-22(18)23/h3-7,9-13,18H,2,8,14H2,1H3. The van der Waals surface area contributed by atoms with Gasteiger partial charge in [-0.15, -0.1) is 0 Å². The van der Waals surface area contributed by atoms with Crippen molar-refractivity contribution in [1.82, 2.24) is 0 Å². The van der Waals surface area contributed by atoms with Crippen LogP contribution in [0.4, 0.5) is 0 Å². The zero-order valence-corrected chi connectivity index (χ0v) is 13.8. The van der Waals surface area contributed by atoms with Crippen molar-refractivity contribution in [2.24, 2.45) is 0 Å². The molecular weight excluding hydrogens is 296 g/mol. The van der Waals surface area contributed by atoms with E-state index in [1.165, 1.54) is 21.9 Å². The van der Waals surface area contributed by atoms with E-state index in [2.05, 4.69) is 61.5 Å². The van der Waals surface area contributed by atoms with E-state index in [4.69, 9.17) is 4.74 Å². The number of carbonyl (C=O) groups is 1. The maximum atomic E-state index is 12.3. The van der Waals surface area contributed by atoms with Crippen molar-refractivity contribution in [1.29, 1.82) is 0 Å². The van der Waals surface area contributed by atoms with E-state index in [-0.39, 0.29) is 11.9 Å². The van der Waals surface area contributed by atoms with Gasteiger partial charge in [-0.3, -0.25) is 4.79 Å². The van der Waals surface area contributed by atoms with Crippen LogP contribution in [0.2, 0.25) is 0 Å². The monoisotopic (exact) mass is 316 g/mol. The third-order valence-corrected chi connectivity index (χ3v) is 4.85. The molecule has 0 spiro atoms. The number of benzene rings is 3. The minimum atomic E-state index is -0.147. The fourth-order valence-corrected chi connectivity index (χ4v) is 3.75. The molecule has 1 atom stereocenters. The second-order valence-corrected chi connectivity index (χ2v) is 6.36. The lowest BCUT2D eigenvalue weighted by Crippen LogP contribution is -2.23. The summed E-state index contributed by atoms with van der Waals surface area (Å²) in [6.45, 7) is 2.48. The second-order valence-electron chi connectivity index (χ2n) is 6.36. The highest BCUT2D eigenvalue weighted by molar-refractivity contribution is 6.00. The van der Waals surface area contributed by atoms with Crippen molar-refractivity contribution >= 4 is 16.7 Å². The van der Waals surface area contributed by atoms with Crippen LogP contribution >= 0.6 is 0 Å². The largest absolute Gasteiger partial charge is 0.460 e. The van der Waals surface area contributed by atoms with Gasteiger partial charge in [0.2, 0.25) is 0 Å². The molecule has 0 fully saturated rings. The Kier molecular flexibility index (Phi) is 3.81. The molecule has 1 aliphatic heterocycles. The Labute approximate surface area is 142 Å². The maximum Gasteiger partial charge on any atom is 0.313 e. The lowest BCUT2D eigenvalue weighted by atomic mass is 9.82. The molecule has 1 unspecified atom stereocenters. The molecule has 0 bridgehead atoms. The molecule has 0 aliphatic carbocycles. The van der Waals surface area contributed by atoms with Gasteiger partial charge in [0.05, 0.1) is 5.92 Å². The Morgan fingerprint density at radius 2 is 1.79 bits per heavy atom. The molecule has 3 aromatic carbocycles. The summed E-state index contributed by atoms with van der Waals surface area (Å²) < 4.78 is 5.54. The van der Waals surface area contributed by atoms with E-state index in [0.717, 1.165) is 24.0 Å². The van der Waals surface area contributed by atoms with Crippen LogP contribution in [0.1, 0.15) is 36.8 Å². The van der Waals surface area contributed by atoms with Gasteiger partial charge in [0.1, 0.15) is 6.61 Å². The number of ether oxygens (including phenoxy) is 1. The lowest BCUT2D eigenvalue weighted by molar-refractivity contribution is -0.148. The zero-order chi connectivity index (χ0) is 16.5. The summed E-state index contributed by atoms with van der Waals surface area (Å²) in [5.74, 6) is -0.232. The Hall–Kier alpha value is -2.61. The van der Waals surface area contributed by atoms with Gasteiger partial charge in [0, 0.05) is 5.56 Å². The van der Waals surface area contributed by atoms with Gasteiger partial charge in [-0.05, 0) is 39.9 Å². The molecule has 1 aliphatic rings. The van der Waals surface area contributed by atoms with E-state index in [1.54, 1.807) is 0 Å². The molecule has 0 N–H and O–H groups in total. The summed E-state index contributed by atoms with van der Waals surface area (Å²) >= 11 is 0. The SMILES string of the molecule is CCCC1C(=O)OCc2c1cc1ccccc1c2-c1ccccc1. The number of hydrogen-bond donors (Lipinski definition) is 0. The van der Waals surface area contributed by atoms with Crippen LogP contribution in [0, 0.1) is 0 Å². The molecular formula is C22H20O2. The molecule has 0 aromatic heterocycles. The van der Waals surface area contributed by atoms with Crippen LogP contribution in [-0.4, -0.2) is 5.97 Å². The summed E-state index contributed by atoms with van der Waals surface area (Å²) in [7, 11) is 0. The topological polar surface area (TPSA) is 26.3 Å². The predicted molar refractivity (Wildman–Crippen MR) is 96.8 cm³/mol. The lowest BCUT2D eigenvalue weighted by Gasteiger charge is -2.27. The Bertz CT molecular complexity index is 896. The van der Waals surface area contributed by atoms with Crippen molar-refractivity contribution < 1.29 is 9.53 Å². The van der Waals surface area contributed by atoms with Crippen molar-refractivity contribution in [3.63, 3.8) is 0 Å². The molecule has 4 rings (SSSR count). The summed E-state index contributed by atoms with van der Waals surface area (Å²) in [6.07, 6.45) is 1.80. The van der Waals surface area contributed by atoms with Gasteiger partial charge in [0.25, 0.3) is 0 Å². The second kappa shape index (κ2) is 6.12. The van der Waals surface area contributed by atoms with Crippen LogP contribution in [0.25, 0.3) is 21.9 Å². The molecule has 3 aromatic rings. The first kappa shape index (κ1) is 14.9. The van der Waals surface area contributed by atoms with E-state index in [1.807, 2.05) is 6.07 Å². The molecule has 0 amide bonds. The molecule has 1 heterocycles. The van der Waals surface area contributed by atoms with Crippen LogP contribution in [-0.2, 0) is 16.1 Å². The smallest absolute Gasteiger partial charge is 0.313 e. The molecule has 0 saturated carbocycles. The van der Waals surface area contributed by atoms with Gasteiger partial charge in [-0.25, -0.2) is 0 Å². The maximum absolute atomic E-state index is 12.3. The predicted octanol–water partition coefficient (Wildman–Crippen LogP) is 5.45. The number of cyclic esters (lactones) is 1. The molecule has 0 radical (unpaired) electrons. The van der Waals surface area contributed by atoms with E-state index < -0.39 is 0 Å². The summed E-state index contributed by atoms with van der Waals surface area (Å²) in [5, 5.41) is 2.40. The van der Waals surface area contributed by atoms with Crippen LogP contribution in [0.3, 0.4) is 0 Å². The normalized spacial score (nSPS) is 16.7. The fourth-order valence-electron chi connectivity index (χ4n) is 3.75. The number of carbonyl (C=O) groups excluding carboxylic acids is 1. The van der Waals surface area contributed by atoms with E-state index in [0.29, 0.717) is 6.61 Å². The quantitative estimate of drug-likeness (QED) is 0.601. The Morgan fingerprint density at radius 1 is 1.04 bits per heavy atom. The van der Waals surface area contributed by atoms with Gasteiger partial charge in [-0.2, -0.15) is 0 Å². The third kappa shape index (κ3) is 2.39. The van der Waals surface area contributed by atoms with Gasteiger partial charge >= 0.3 is 5.97 Å². The Balaban J connectivity index is 2.05. The van der Waals surface area contributed by atoms with Gasteiger partial charge in [0.15, 0.2) is 0 Å². The van der Waals surface area contributed by atoms with E-state index in [9.17, 15) is 4.79 Å². The molecule has 24 heavy (non-hydrogen) atoms. The Morgan fingerprint density at radius 3 is 2.58 bits per heavy atom. The first-order chi connectivity index (χ1) is 11.8.